The molecule has 0 bridgehead atoms. The molecule has 2 aromatic carbocycles. The summed E-state index contributed by atoms with van der Waals surface area (Å²) in [6.07, 6.45) is 6.06. The second-order valence-corrected chi connectivity index (χ2v) is 8.45. The van der Waals surface area contributed by atoms with Crippen LogP contribution in [0, 0.1) is 12.7 Å². The average molecular weight is 459 g/mol. The van der Waals surface area contributed by atoms with Crippen LogP contribution in [-0.2, 0) is 11.3 Å². The lowest BCUT2D eigenvalue weighted by Crippen LogP contribution is -2.36. The molecule has 0 aliphatic rings. The van der Waals surface area contributed by atoms with Gasteiger partial charge in [0.1, 0.15) is 11.6 Å². The summed E-state index contributed by atoms with van der Waals surface area (Å²) in [5, 5.41) is 1.23. The monoisotopic (exact) mass is 458 g/mol. The van der Waals surface area contributed by atoms with E-state index in [2.05, 4.69) is 4.98 Å². The molecule has 31 heavy (non-hydrogen) atoms. The number of amides is 1. The van der Waals surface area contributed by atoms with E-state index in [1.54, 1.807) is 17.4 Å². The number of fused-ring (bicyclic) bond motifs is 1. The first-order valence-corrected chi connectivity index (χ1v) is 10.9. The lowest BCUT2D eigenvalue weighted by molar-refractivity contribution is -0.120. The molecule has 0 aliphatic carbocycles. The molecule has 9 heteroatoms. The molecule has 1 amide bonds. The van der Waals surface area contributed by atoms with Crippen LogP contribution in [0.3, 0.4) is 0 Å². The number of rotatable bonds is 8. The van der Waals surface area contributed by atoms with Crippen LogP contribution in [0.25, 0.3) is 10.2 Å². The van der Waals surface area contributed by atoms with Crippen molar-refractivity contribution in [3.63, 3.8) is 0 Å². The summed E-state index contributed by atoms with van der Waals surface area (Å²) >= 11 is 7.61. The Morgan fingerprint density at radius 1 is 1.29 bits per heavy atom. The highest BCUT2D eigenvalue weighted by Gasteiger charge is 2.21. The van der Waals surface area contributed by atoms with Crippen LogP contribution in [-0.4, -0.2) is 33.6 Å². The minimum atomic E-state index is -0.358. The van der Waals surface area contributed by atoms with Crippen molar-refractivity contribution in [1.82, 2.24) is 14.5 Å². The highest BCUT2D eigenvalue weighted by molar-refractivity contribution is 7.22. The molecule has 4 rings (SSSR count). The van der Waals surface area contributed by atoms with Gasteiger partial charge in [-0.05, 0) is 55.3 Å². The van der Waals surface area contributed by atoms with E-state index >= 15 is 0 Å². The fraction of sp³-hybridized carbons (Fsp3) is 0.227. The van der Waals surface area contributed by atoms with Gasteiger partial charge >= 0.3 is 0 Å². The van der Waals surface area contributed by atoms with Crippen LogP contribution < -0.4 is 9.64 Å². The summed E-state index contributed by atoms with van der Waals surface area (Å²) in [6.45, 7) is 2.96. The van der Waals surface area contributed by atoms with Gasteiger partial charge in [0.15, 0.2) is 11.7 Å². The zero-order chi connectivity index (χ0) is 21.8. The maximum atomic E-state index is 13.1. The lowest BCUT2D eigenvalue weighted by Gasteiger charge is -2.20. The molecule has 0 spiro atoms. The summed E-state index contributed by atoms with van der Waals surface area (Å²) in [4.78, 5) is 23.4. The summed E-state index contributed by atoms with van der Waals surface area (Å²) in [5.41, 5.74) is 1.79. The lowest BCUT2D eigenvalue weighted by atomic mass is 10.2. The van der Waals surface area contributed by atoms with Crippen molar-refractivity contribution in [3.05, 3.63) is 71.5 Å². The topological polar surface area (TPSA) is 60.2 Å². The smallest absolute Gasteiger partial charge is 0.266 e. The molecule has 0 saturated carbocycles. The largest absolute Gasteiger partial charge is 0.484 e. The minimum absolute atomic E-state index is 0.174. The number of aromatic nitrogens is 3. The van der Waals surface area contributed by atoms with E-state index in [4.69, 9.17) is 21.3 Å². The van der Waals surface area contributed by atoms with Gasteiger partial charge in [0.05, 0.1) is 16.5 Å². The maximum Gasteiger partial charge on any atom is 0.266 e. The van der Waals surface area contributed by atoms with Gasteiger partial charge in [-0.25, -0.2) is 14.4 Å². The van der Waals surface area contributed by atoms with Crippen molar-refractivity contribution < 1.29 is 13.9 Å². The first kappa shape index (κ1) is 21.3. The highest BCUT2D eigenvalue weighted by atomic mass is 35.5. The molecule has 0 atom stereocenters. The van der Waals surface area contributed by atoms with E-state index in [-0.39, 0.29) is 18.3 Å². The molecule has 2 heterocycles. The maximum absolute atomic E-state index is 13.1. The van der Waals surface area contributed by atoms with Gasteiger partial charge in [0, 0.05) is 30.5 Å². The third kappa shape index (κ3) is 5.21. The number of carbonyl (C=O) groups is 1. The zero-order valence-electron chi connectivity index (χ0n) is 16.8. The fourth-order valence-electron chi connectivity index (χ4n) is 3.17. The normalized spacial score (nSPS) is 11.1. The standard InChI is InChI=1S/C22H20ClFN4O2S/c1-15-11-16(23)12-19-21(15)26-22(31-19)28(9-2-8-27-10-7-25-14-27)20(29)13-30-18-5-3-17(24)4-6-18/h3-7,10-12,14H,2,8-9,13H2,1H3. The van der Waals surface area contributed by atoms with Gasteiger partial charge in [-0.2, -0.15) is 0 Å². The van der Waals surface area contributed by atoms with Crippen LogP contribution in [0.4, 0.5) is 9.52 Å². The Bertz CT molecular complexity index is 1180. The van der Waals surface area contributed by atoms with Gasteiger partial charge in [-0.1, -0.05) is 22.9 Å². The summed E-state index contributed by atoms with van der Waals surface area (Å²) < 4.78 is 21.6. The van der Waals surface area contributed by atoms with Gasteiger partial charge in [0.25, 0.3) is 5.91 Å². The number of thiazole rings is 1. The summed E-state index contributed by atoms with van der Waals surface area (Å²) in [5.74, 6) is -0.152. The highest BCUT2D eigenvalue weighted by Crippen LogP contribution is 2.33. The molecule has 0 aliphatic heterocycles. The molecule has 4 aromatic rings. The molecule has 160 valence electrons. The molecule has 0 fully saturated rings. The Kier molecular flexibility index (Phi) is 6.48. The third-order valence-electron chi connectivity index (χ3n) is 4.70. The second-order valence-electron chi connectivity index (χ2n) is 7.01. The van der Waals surface area contributed by atoms with Gasteiger partial charge in [-0.3, -0.25) is 9.69 Å². The number of anilines is 1. The van der Waals surface area contributed by atoms with E-state index in [9.17, 15) is 9.18 Å². The van der Waals surface area contributed by atoms with Crippen molar-refractivity contribution in [2.75, 3.05) is 18.1 Å². The van der Waals surface area contributed by atoms with Crippen LogP contribution in [0.15, 0.2) is 55.1 Å². The molecule has 0 unspecified atom stereocenters. The Morgan fingerprint density at radius 2 is 2.10 bits per heavy atom. The van der Waals surface area contributed by atoms with E-state index in [0.29, 0.717) is 28.9 Å². The molecule has 0 saturated heterocycles. The summed E-state index contributed by atoms with van der Waals surface area (Å²) in [6, 6.07) is 9.29. The number of imidazole rings is 1. The Morgan fingerprint density at radius 3 is 2.84 bits per heavy atom. The van der Waals surface area contributed by atoms with Crippen molar-refractivity contribution in [3.8, 4) is 5.75 Å². The molecule has 0 N–H and O–H groups in total. The van der Waals surface area contributed by atoms with Crippen LogP contribution in [0.5, 0.6) is 5.75 Å². The molecular weight excluding hydrogens is 439 g/mol. The average Bonchev–Trinajstić information content (AvgIpc) is 3.40. The van der Waals surface area contributed by atoms with Gasteiger partial charge in [-0.15, -0.1) is 0 Å². The third-order valence-corrected chi connectivity index (χ3v) is 5.95. The Labute approximate surface area is 187 Å². The SMILES string of the molecule is Cc1cc(Cl)cc2sc(N(CCCn3ccnc3)C(=O)COc3ccc(F)cc3)nc12. The molecular formula is C22H20ClFN4O2S. The number of halogens is 2. The van der Waals surface area contributed by atoms with E-state index in [1.165, 1.54) is 35.6 Å². The number of hydrogen-bond acceptors (Lipinski definition) is 5. The van der Waals surface area contributed by atoms with Crippen molar-refractivity contribution in [2.45, 2.75) is 19.9 Å². The first-order chi connectivity index (χ1) is 15.0. The molecule has 6 nitrogen and oxygen atoms in total. The van der Waals surface area contributed by atoms with Gasteiger partial charge < -0.3 is 9.30 Å². The fourth-order valence-corrected chi connectivity index (χ4v) is 4.63. The minimum Gasteiger partial charge on any atom is -0.484 e. The Balaban J connectivity index is 1.53. The van der Waals surface area contributed by atoms with Crippen molar-refractivity contribution in [1.29, 1.82) is 0 Å². The van der Waals surface area contributed by atoms with Crippen LogP contribution in [0.1, 0.15) is 12.0 Å². The van der Waals surface area contributed by atoms with Gasteiger partial charge in [0.2, 0.25) is 0 Å². The number of hydrogen-bond donors (Lipinski definition) is 0. The predicted octanol–water partition coefficient (Wildman–Crippen LogP) is 5.10. The van der Waals surface area contributed by atoms with E-state index < -0.39 is 0 Å². The molecule has 0 radical (unpaired) electrons. The number of ether oxygens (including phenoxy) is 1. The zero-order valence-corrected chi connectivity index (χ0v) is 18.4. The summed E-state index contributed by atoms with van der Waals surface area (Å²) in [7, 11) is 0. The number of benzene rings is 2. The molecule has 2 aromatic heterocycles. The van der Waals surface area contributed by atoms with Crippen LogP contribution in [0.2, 0.25) is 5.02 Å². The number of carbonyl (C=O) groups excluding carboxylic acids is 1. The van der Waals surface area contributed by atoms with Crippen molar-refractivity contribution >= 4 is 44.2 Å². The van der Waals surface area contributed by atoms with Crippen molar-refractivity contribution in [2.24, 2.45) is 0 Å². The number of nitrogens with zero attached hydrogens (tertiary/aromatic N) is 4. The second kappa shape index (κ2) is 9.45. The number of aryl methyl sites for hydroxylation is 2. The quantitative estimate of drug-likeness (QED) is 0.368. The predicted molar refractivity (Wildman–Crippen MR) is 120 cm³/mol. The van der Waals surface area contributed by atoms with E-state index in [0.717, 1.165) is 22.3 Å². The van der Waals surface area contributed by atoms with Crippen LogP contribution >= 0.6 is 22.9 Å². The Hall–Kier alpha value is -2.97. The van der Waals surface area contributed by atoms with E-state index in [1.807, 2.05) is 29.8 Å². The first-order valence-electron chi connectivity index (χ1n) is 9.71.